The van der Waals surface area contributed by atoms with Gasteiger partial charge in [-0.15, -0.1) is 5.10 Å². The summed E-state index contributed by atoms with van der Waals surface area (Å²) in [5.74, 6) is 1.82. The van der Waals surface area contributed by atoms with Gasteiger partial charge in [-0.2, -0.15) is 4.98 Å². The molecule has 0 amide bonds. The monoisotopic (exact) mass is 224 g/mol. The molecule has 2 rings (SSSR count). The fourth-order valence-corrected chi connectivity index (χ4v) is 1.73. The van der Waals surface area contributed by atoms with E-state index in [4.69, 9.17) is 0 Å². The Morgan fingerprint density at radius 3 is 2.75 bits per heavy atom. The molecule has 0 spiro atoms. The van der Waals surface area contributed by atoms with Gasteiger partial charge in [0.25, 0.3) is 0 Å². The average Bonchev–Trinajstić information content (AvgIpc) is 2.76. The van der Waals surface area contributed by atoms with E-state index in [2.05, 4.69) is 44.4 Å². The van der Waals surface area contributed by atoms with Crippen LogP contribution in [-0.2, 0) is 6.42 Å². The molecule has 2 N–H and O–H groups in total. The summed E-state index contributed by atoms with van der Waals surface area (Å²) >= 11 is 0. The van der Waals surface area contributed by atoms with Gasteiger partial charge in [0.05, 0.1) is 0 Å². The van der Waals surface area contributed by atoms with Crippen molar-refractivity contribution in [2.45, 2.75) is 6.42 Å². The topological polar surface area (TPSA) is 60.1 Å². The standard InChI is InChI=1S/C10H20N6/c1-15(2)6-3-9-12-10(14-13-9)16-7-4-11-5-8-16/h11H,3-8H2,1-2H3,(H,12,13,14). The first-order chi connectivity index (χ1) is 7.75. The third kappa shape index (κ3) is 2.93. The molecule has 1 aromatic heterocycles. The van der Waals surface area contributed by atoms with E-state index in [1.807, 2.05) is 0 Å². The Kier molecular flexibility index (Phi) is 3.74. The largest absolute Gasteiger partial charge is 0.337 e. The van der Waals surface area contributed by atoms with Crippen LogP contribution in [0.25, 0.3) is 0 Å². The number of rotatable bonds is 4. The zero-order chi connectivity index (χ0) is 11.4. The van der Waals surface area contributed by atoms with E-state index in [0.717, 1.165) is 50.9 Å². The second kappa shape index (κ2) is 5.27. The molecule has 0 atom stereocenters. The summed E-state index contributed by atoms with van der Waals surface area (Å²) in [5.41, 5.74) is 0. The maximum absolute atomic E-state index is 4.51. The number of hydrogen-bond acceptors (Lipinski definition) is 5. The summed E-state index contributed by atoms with van der Waals surface area (Å²) in [4.78, 5) is 8.87. The summed E-state index contributed by atoms with van der Waals surface area (Å²) in [6.07, 6.45) is 0.923. The first-order valence-corrected chi connectivity index (χ1v) is 5.77. The molecule has 1 saturated heterocycles. The summed E-state index contributed by atoms with van der Waals surface area (Å²) < 4.78 is 0. The molecule has 0 aromatic carbocycles. The van der Waals surface area contributed by atoms with Crippen LogP contribution in [0.2, 0.25) is 0 Å². The number of piperazine rings is 1. The van der Waals surface area contributed by atoms with Gasteiger partial charge in [-0.3, -0.25) is 5.10 Å². The fourth-order valence-electron chi connectivity index (χ4n) is 1.73. The van der Waals surface area contributed by atoms with Gasteiger partial charge in [0.15, 0.2) is 0 Å². The average molecular weight is 224 g/mol. The highest BCUT2D eigenvalue weighted by Gasteiger charge is 2.14. The van der Waals surface area contributed by atoms with Crippen molar-refractivity contribution < 1.29 is 0 Å². The first kappa shape index (κ1) is 11.3. The highest BCUT2D eigenvalue weighted by atomic mass is 15.4. The third-order valence-corrected chi connectivity index (χ3v) is 2.72. The van der Waals surface area contributed by atoms with E-state index >= 15 is 0 Å². The lowest BCUT2D eigenvalue weighted by Gasteiger charge is -2.25. The zero-order valence-corrected chi connectivity index (χ0v) is 10.0. The van der Waals surface area contributed by atoms with Crippen molar-refractivity contribution in [3.05, 3.63) is 5.82 Å². The first-order valence-electron chi connectivity index (χ1n) is 5.77. The van der Waals surface area contributed by atoms with Gasteiger partial charge >= 0.3 is 0 Å². The van der Waals surface area contributed by atoms with E-state index in [9.17, 15) is 0 Å². The number of likely N-dealkylation sites (N-methyl/N-ethyl adjacent to an activating group) is 1. The van der Waals surface area contributed by atoms with Crippen molar-refractivity contribution in [2.75, 3.05) is 51.7 Å². The van der Waals surface area contributed by atoms with Gasteiger partial charge < -0.3 is 15.1 Å². The molecular weight excluding hydrogens is 204 g/mol. The Morgan fingerprint density at radius 2 is 2.06 bits per heavy atom. The lowest BCUT2D eigenvalue weighted by atomic mass is 10.4. The number of hydrogen-bond donors (Lipinski definition) is 2. The summed E-state index contributed by atoms with van der Waals surface area (Å²) in [5, 5.41) is 10.6. The molecule has 0 bridgehead atoms. The molecule has 16 heavy (non-hydrogen) atoms. The van der Waals surface area contributed by atoms with Crippen molar-refractivity contribution in [2.24, 2.45) is 0 Å². The number of aromatic nitrogens is 3. The number of nitrogens with zero attached hydrogens (tertiary/aromatic N) is 4. The molecule has 0 aliphatic carbocycles. The van der Waals surface area contributed by atoms with Gasteiger partial charge in [-0.05, 0) is 14.1 Å². The van der Waals surface area contributed by atoms with Crippen LogP contribution in [-0.4, -0.2) is 66.9 Å². The number of nitrogens with one attached hydrogen (secondary N) is 2. The van der Waals surface area contributed by atoms with Crippen LogP contribution in [0.3, 0.4) is 0 Å². The van der Waals surface area contributed by atoms with E-state index in [-0.39, 0.29) is 0 Å². The lowest BCUT2D eigenvalue weighted by molar-refractivity contribution is 0.410. The van der Waals surface area contributed by atoms with E-state index in [1.54, 1.807) is 0 Å². The molecular formula is C10H20N6. The minimum atomic E-state index is 0.843. The Morgan fingerprint density at radius 1 is 1.31 bits per heavy atom. The third-order valence-electron chi connectivity index (χ3n) is 2.72. The normalized spacial score (nSPS) is 17.1. The van der Waals surface area contributed by atoms with Crippen LogP contribution in [0.15, 0.2) is 0 Å². The molecule has 0 unspecified atom stereocenters. The predicted molar refractivity (Wildman–Crippen MR) is 63.7 cm³/mol. The molecule has 0 radical (unpaired) electrons. The molecule has 1 aromatic rings. The van der Waals surface area contributed by atoms with E-state index < -0.39 is 0 Å². The Bertz CT molecular complexity index is 315. The van der Waals surface area contributed by atoms with E-state index in [0.29, 0.717) is 0 Å². The quantitative estimate of drug-likeness (QED) is 0.709. The van der Waals surface area contributed by atoms with Crippen LogP contribution in [0.5, 0.6) is 0 Å². The maximum atomic E-state index is 4.51. The van der Waals surface area contributed by atoms with Crippen molar-refractivity contribution in [3.8, 4) is 0 Å². The van der Waals surface area contributed by atoms with Crippen molar-refractivity contribution in [1.82, 2.24) is 25.4 Å². The molecule has 1 fully saturated rings. The van der Waals surface area contributed by atoms with Crippen molar-refractivity contribution >= 4 is 5.95 Å². The van der Waals surface area contributed by atoms with Crippen LogP contribution in [0.4, 0.5) is 5.95 Å². The number of aromatic amines is 1. The van der Waals surface area contributed by atoms with Gasteiger partial charge in [-0.1, -0.05) is 0 Å². The molecule has 0 saturated carbocycles. The van der Waals surface area contributed by atoms with Crippen LogP contribution in [0, 0.1) is 0 Å². The summed E-state index contributed by atoms with van der Waals surface area (Å²) in [6.45, 7) is 5.01. The fraction of sp³-hybridized carbons (Fsp3) is 0.800. The van der Waals surface area contributed by atoms with E-state index in [1.165, 1.54) is 0 Å². The molecule has 1 aliphatic rings. The molecule has 6 nitrogen and oxygen atoms in total. The molecule has 90 valence electrons. The lowest BCUT2D eigenvalue weighted by Crippen LogP contribution is -2.44. The van der Waals surface area contributed by atoms with Gasteiger partial charge in [0, 0.05) is 39.1 Å². The van der Waals surface area contributed by atoms with Crippen LogP contribution < -0.4 is 10.2 Å². The van der Waals surface area contributed by atoms with Gasteiger partial charge in [-0.25, -0.2) is 0 Å². The van der Waals surface area contributed by atoms with Crippen LogP contribution >= 0.6 is 0 Å². The molecule has 2 heterocycles. The molecule has 6 heteroatoms. The minimum absolute atomic E-state index is 0.843. The SMILES string of the molecule is CN(C)CCc1nc(N2CCNCC2)n[nH]1. The Hall–Kier alpha value is -1.14. The Balaban J connectivity index is 1.90. The minimum Gasteiger partial charge on any atom is -0.337 e. The predicted octanol–water partition coefficient (Wildman–Crippen LogP) is -0.682. The second-order valence-corrected chi connectivity index (χ2v) is 4.37. The summed E-state index contributed by atoms with van der Waals surface area (Å²) in [7, 11) is 4.13. The highest BCUT2D eigenvalue weighted by Crippen LogP contribution is 2.07. The van der Waals surface area contributed by atoms with Gasteiger partial charge in [0.1, 0.15) is 5.82 Å². The maximum Gasteiger partial charge on any atom is 0.244 e. The van der Waals surface area contributed by atoms with Crippen molar-refractivity contribution in [3.63, 3.8) is 0 Å². The van der Waals surface area contributed by atoms with Crippen LogP contribution in [0.1, 0.15) is 5.82 Å². The zero-order valence-electron chi connectivity index (χ0n) is 10.0. The number of anilines is 1. The van der Waals surface area contributed by atoms with Gasteiger partial charge in [0.2, 0.25) is 5.95 Å². The smallest absolute Gasteiger partial charge is 0.244 e. The Labute approximate surface area is 96.0 Å². The second-order valence-electron chi connectivity index (χ2n) is 4.37. The number of H-pyrrole nitrogens is 1. The molecule has 1 aliphatic heterocycles. The van der Waals surface area contributed by atoms with Crippen molar-refractivity contribution in [1.29, 1.82) is 0 Å². The summed E-state index contributed by atoms with van der Waals surface area (Å²) in [6, 6.07) is 0. The highest BCUT2D eigenvalue weighted by molar-refractivity contribution is 5.29.